The third-order valence-corrected chi connectivity index (χ3v) is 18.2. The second-order valence-electron chi connectivity index (χ2n) is 23.9. The van der Waals surface area contributed by atoms with Gasteiger partial charge in [0, 0.05) is 57.9 Å². The highest BCUT2D eigenvalue weighted by Crippen LogP contribution is 2.52. The molecule has 2 heteroatoms. The average molecular weight is 1040 g/mol. The molecule has 9 aromatic carbocycles. The predicted molar refractivity (Wildman–Crippen MR) is 343 cm³/mol. The first-order chi connectivity index (χ1) is 38.6. The third kappa shape index (κ3) is 9.70. The van der Waals surface area contributed by atoms with Gasteiger partial charge in [-0.1, -0.05) is 271 Å². The SMILES string of the molecule is C=C(/C=C/C=C1/N(C)c2c(ccc3ccccc23)C1(C)C)C(Cc1ccccc1)(Cc1ccc(CC(Cc2ccccc2)(C(=C)/C=C/C=C2/N(C)c3c(ccc4ccccc34)C2(C)C)c2ccccc2C)cc1)c1ccccc1C. The van der Waals surface area contributed by atoms with Crippen LogP contribution in [-0.2, 0) is 47.3 Å². The summed E-state index contributed by atoms with van der Waals surface area (Å²) in [6.07, 6.45) is 16.9. The minimum absolute atomic E-state index is 0.177. The number of anilines is 2. The van der Waals surface area contributed by atoms with Crippen molar-refractivity contribution >= 4 is 32.9 Å². The van der Waals surface area contributed by atoms with Gasteiger partial charge < -0.3 is 9.80 Å². The average Bonchev–Trinajstić information content (AvgIpc) is 3.98. The van der Waals surface area contributed by atoms with Crippen LogP contribution in [-0.4, -0.2) is 14.1 Å². The van der Waals surface area contributed by atoms with Gasteiger partial charge in [-0.05, 0) is 129 Å². The summed E-state index contributed by atoms with van der Waals surface area (Å²) in [5.74, 6) is 0. The fraction of sp³-hybridized carbons (Fsp3) is 0.205. The number of benzene rings is 9. The number of hydrogen-bond donors (Lipinski definition) is 0. The van der Waals surface area contributed by atoms with Crippen molar-refractivity contribution < 1.29 is 0 Å². The minimum Gasteiger partial charge on any atom is -0.347 e. The molecule has 398 valence electrons. The van der Waals surface area contributed by atoms with Gasteiger partial charge in [-0.15, -0.1) is 0 Å². The van der Waals surface area contributed by atoms with E-state index in [0.29, 0.717) is 0 Å². The van der Waals surface area contributed by atoms with E-state index in [2.05, 4.69) is 308 Å². The van der Waals surface area contributed by atoms with Crippen molar-refractivity contribution in [1.82, 2.24) is 0 Å². The summed E-state index contributed by atoms with van der Waals surface area (Å²) in [7, 11) is 4.44. The van der Waals surface area contributed by atoms with Gasteiger partial charge in [0.15, 0.2) is 0 Å². The quantitative estimate of drug-likeness (QED) is 0.0890. The lowest BCUT2D eigenvalue weighted by atomic mass is 9.65. The Balaban J connectivity index is 0.959. The second kappa shape index (κ2) is 21.6. The molecule has 0 radical (unpaired) electrons. The first kappa shape index (κ1) is 53.5. The molecule has 0 aromatic heterocycles. The van der Waals surface area contributed by atoms with Crippen molar-refractivity contribution in [2.75, 3.05) is 23.9 Å². The summed E-state index contributed by atoms with van der Waals surface area (Å²) in [5.41, 5.74) is 19.0. The first-order valence-electron chi connectivity index (χ1n) is 28.6. The Kier molecular flexibility index (Phi) is 14.5. The van der Waals surface area contributed by atoms with Crippen molar-refractivity contribution in [2.24, 2.45) is 0 Å². The summed E-state index contributed by atoms with van der Waals surface area (Å²) >= 11 is 0. The number of rotatable bonds is 16. The van der Waals surface area contributed by atoms with E-state index in [-0.39, 0.29) is 10.8 Å². The second-order valence-corrected chi connectivity index (χ2v) is 23.9. The summed E-state index contributed by atoms with van der Waals surface area (Å²) in [4.78, 5) is 4.80. The van der Waals surface area contributed by atoms with Crippen LogP contribution in [0, 0.1) is 13.8 Å². The van der Waals surface area contributed by atoms with Gasteiger partial charge >= 0.3 is 0 Å². The fourth-order valence-electron chi connectivity index (χ4n) is 14.0. The van der Waals surface area contributed by atoms with Crippen LogP contribution in [0.25, 0.3) is 21.5 Å². The maximum absolute atomic E-state index is 5.04. The van der Waals surface area contributed by atoms with Crippen LogP contribution in [0.15, 0.2) is 278 Å². The van der Waals surface area contributed by atoms with Crippen molar-refractivity contribution in [3.8, 4) is 0 Å². The summed E-state index contributed by atoms with van der Waals surface area (Å²) in [6, 6.07) is 76.1. The number of nitrogens with zero attached hydrogens (tertiary/aromatic N) is 2. The Morgan fingerprint density at radius 2 is 0.725 bits per heavy atom. The summed E-state index contributed by atoms with van der Waals surface area (Å²) in [6.45, 7) is 24.0. The standard InChI is InChI=1S/C78H76N2/c1-55-27-17-23-39-67(55)77(51-59-31-13-11-14-32-59,57(3)29-25-41-71-75(5,6)69-49-47-63-35-19-21-37-65(63)73(69)79(71)9)53-61-43-45-62(46-44-61)54-78(52-60-33-15-12-16-34-60,68-40-24-18-28-56(68)2)58(4)30-26-42-72-76(7,8)70-50-48-64-36-20-22-38-66(64)74(70)80(72)10/h11-50H,3-4,51-54H2,1-2,5-10H3/b29-25+,30-26+,71-41+,72-42+. The highest BCUT2D eigenvalue weighted by atomic mass is 15.2. The lowest BCUT2D eigenvalue weighted by Gasteiger charge is -2.38. The molecule has 2 atom stereocenters. The van der Waals surface area contributed by atoms with E-state index in [1.807, 2.05) is 0 Å². The zero-order valence-electron chi connectivity index (χ0n) is 48.2. The number of likely N-dealkylation sites (N-methyl/N-ethyl adjacent to an activating group) is 2. The Morgan fingerprint density at radius 1 is 0.400 bits per heavy atom. The molecule has 0 spiro atoms. The van der Waals surface area contributed by atoms with Crippen LogP contribution in [0.2, 0.25) is 0 Å². The highest BCUT2D eigenvalue weighted by Gasteiger charge is 2.42. The highest BCUT2D eigenvalue weighted by molar-refractivity contribution is 6.00. The number of hydrogen-bond acceptors (Lipinski definition) is 2. The molecule has 80 heavy (non-hydrogen) atoms. The molecule has 0 saturated heterocycles. The van der Waals surface area contributed by atoms with Crippen LogP contribution in [0.3, 0.4) is 0 Å². The maximum atomic E-state index is 5.04. The fourth-order valence-corrected chi connectivity index (χ4v) is 14.0. The molecular weight excluding hydrogens is 965 g/mol. The monoisotopic (exact) mass is 1040 g/mol. The zero-order valence-corrected chi connectivity index (χ0v) is 48.2. The molecule has 2 heterocycles. The minimum atomic E-state index is -0.457. The molecular formula is C78H76N2. The molecule has 0 fully saturated rings. The van der Waals surface area contributed by atoms with Gasteiger partial charge in [0.1, 0.15) is 0 Å². The van der Waals surface area contributed by atoms with Gasteiger partial charge in [0.25, 0.3) is 0 Å². The van der Waals surface area contributed by atoms with Crippen LogP contribution < -0.4 is 9.80 Å². The lowest BCUT2D eigenvalue weighted by molar-refractivity contribution is 0.500. The smallest absolute Gasteiger partial charge is 0.0527 e. The van der Waals surface area contributed by atoms with Crippen molar-refractivity contribution in [3.63, 3.8) is 0 Å². The number of aryl methyl sites for hydroxylation is 2. The van der Waals surface area contributed by atoms with Gasteiger partial charge in [0.05, 0.1) is 11.4 Å². The first-order valence-corrected chi connectivity index (χ1v) is 28.6. The number of allylic oxidation sites excluding steroid dienone is 10. The van der Waals surface area contributed by atoms with E-state index in [0.717, 1.165) is 36.8 Å². The van der Waals surface area contributed by atoms with Crippen molar-refractivity contribution in [2.45, 2.75) is 88.9 Å². The molecule has 9 aromatic rings. The molecule has 11 rings (SSSR count). The molecule has 2 unspecified atom stereocenters. The molecule has 0 saturated carbocycles. The molecule has 0 aliphatic carbocycles. The van der Waals surface area contributed by atoms with Gasteiger partial charge in [-0.3, -0.25) is 0 Å². The van der Waals surface area contributed by atoms with E-state index < -0.39 is 10.8 Å². The van der Waals surface area contributed by atoms with Crippen LogP contribution in [0.5, 0.6) is 0 Å². The van der Waals surface area contributed by atoms with Crippen LogP contribution in [0.1, 0.15) is 83.3 Å². The third-order valence-electron chi connectivity index (χ3n) is 18.2. The number of fused-ring (bicyclic) bond motifs is 6. The lowest BCUT2D eigenvalue weighted by Crippen LogP contribution is -2.35. The summed E-state index contributed by atoms with van der Waals surface area (Å²) < 4.78 is 0. The van der Waals surface area contributed by atoms with E-state index in [4.69, 9.17) is 13.2 Å². The van der Waals surface area contributed by atoms with Gasteiger partial charge in [-0.25, -0.2) is 0 Å². The molecule has 2 aliphatic heterocycles. The maximum Gasteiger partial charge on any atom is 0.0527 e. The van der Waals surface area contributed by atoms with Crippen LogP contribution >= 0.6 is 0 Å². The zero-order chi connectivity index (χ0) is 55.8. The van der Waals surface area contributed by atoms with Crippen molar-refractivity contribution in [1.29, 1.82) is 0 Å². The Hall–Kier alpha value is -8.46. The van der Waals surface area contributed by atoms with E-state index in [1.165, 1.54) is 99.9 Å². The molecule has 2 aliphatic rings. The van der Waals surface area contributed by atoms with Gasteiger partial charge in [0.2, 0.25) is 0 Å². The molecule has 0 amide bonds. The largest absolute Gasteiger partial charge is 0.347 e. The van der Waals surface area contributed by atoms with Crippen molar-refractivity contribution in [3.05, 3.63) is 334 Å². The van der Waals surface area contributed by atoms with E-state index in [9.17, 15) is 0 Å². The Labute approximate surface area is 477 Å². The normalized spacial score (nSPS) is 17.1. The van der Waals surface area contributed by atoms with E-state index >= 15 is 0 Å². The molecule has 0 N–H and O–H groups in total. The van der Waals surface area contributed by atoms with Gasteiger partial charge in [-0.2, -0.15) is 0 Å². The Morgan fingerprint density at radius 3 is 1.10 bits per heavy atom. The topological polar surface area (TPSA) is 6.48 Å². The Bertz CT molecular complexity index is 3660. The molecule has 2 nitrogen and oxygen atoms in total. The van der Waals surface area contributed by atoms with E-state index in [1.54, 1.807) is 0 Å². The molecule has 0 bridgehead atoms. The summed E-state index contributed by atoms with van der Waals surface area (Å²) in [5, 5.41) is 5.10. The predicted octanol–water partition coefficient (Wildman–Crippen LogP) is 18.9. The van der Waals surface area contributed by atoms with Crippen LogP contribution in [0.4, 0.5) is 11.4 Å².